The maximum absolute atomic E-state index is 6.42. The van der Waals surface area contributed by atoms with Crippen LogP contribution in [-0.2, 0) is 4.74 Å². The number of hydrogen-bond donors (Lipinski definition) is 0. The Hall–Kier alpha value is -1.37. The molecule has 0 radical (unpaired) electrons. The van der Waals surface area contributed by atoms with E-state index in [4.69, 9.17) is 4.74 Å². The SMILES string of the molecule is CN1c2ccccc2P(c2ccccc2)[C@@H]1OC(C)(C)C. The highest BCUT2D eigenvalue weighted by molar-refractivity contribution is 7.74. The van der Waals surface area contributed by atoms with Gasteiger partial charge < -0.3 is 9.64 Å². The van der Waals surface area contributed by atoms with Crippen LogP contribution in [0.2, 0.25) is 0 Å². The van der Waals surface area contributed by atoms with Crippen LogP contribution in [0.1, 0.15) is 20.8 Å². The first kappa shape index (κ1) is 14.6. The molecule has 2 atom stereocenters. The lowest BCUT2D eigenvalue weighted by Crippen LogP contribution is -2.37. The maximum atomic E-state index is 6.42. The molecule has 0 N–H and O–H groups in total. The molecule has 0 bridgehead atoms. The lowest BCUT2D eigenvalue weighted by Gasteiger charge is -2.33. The molecule has 2 aromatic carbocycles. The highest BCUT2D eigenvalue weighted by Gasteiger charge is 2.39. The molecule has 2 nitrogen and oxygen atoms in total. The number of para-hydroxylation sites is 1. The van der Waals surface area contributed by atoms with Crippen LogP contribution in [0.4, 0.5) is 5.69 Å². The average molecular weight is 299 g/mol. The van der Waals surface area contributed by atoms with Crippen molar-refractivity contribution in [3.05, 3.63) is 54.6 Å². The van der Waals surface area contributed by atoms with Gasteiger partial charge in [-0.05, 0) is 32.1 Å². The first-order valence-corrected chi connectivity index (χ1v) is 8.72. The van der Waals surface area contributed by atoms with Gasteiger partial charge in [0, 0.05) is 26.0 Å². The van der Waals surface area contributed by atoms with Crippen LogP contribution < -0.4 is 15.5 Å². The van der Waals surface area contributed by atoms with E-state index in [1.807, 2.05) is 0 Å². The van der Waals surface area contributed by atoms with Gasteiger partial charge in [-0.1, -0.05) is 48.5 Å². The standard InChI is InChI=1S/C18H22NOP/c1-18(2,3)20-17-19(4)15-12-8-9-13-16(15)21(17)14-10-6-5-7-11-14/h5-13,17H,1-4H3/t17-,21?/m0/s1. The number of anilines is 1. The molecule has 0 saturated carbocycles. The van der Waals surface area contributed by atoms with Crippen molar-refractivity contribution in [2.24, 2.45) is 0 Å². The molecular weight excluding hydrogens is 277 g/mol. The Labute approximate surface area is 128 Å². The number of fused-ring (bicyclic) bond motifs is 1. The van der Waals surface area contributed by atoms with E-state index in [1.165, 1.54) is 16.3 Å². The fraction of sp³-hybridized carbons (Fsp3) is 0.333. The minimum absolute atomic E-state index is 0.0970. The van der Waals surface area contributed by atoms with E-state index in [2.05, 4.69) is 87.3 Å². The van der Waals surface area contributed by atoms with Crippen LogP contribution in [-0.4, -0.2) is 18.6 Å². The topological polar surface area (TPSA) is 12.5 Å². The highest BCUT2D eigenvalue weighted by atomic mass is 31.1. The molecule has 1 heterocycles. The third-order valence-corrected chi connectivity index (χ3v) is 6.21. The van der Waals surface area contributed by atoms with Crippen LogP contribution in [0.3, 0.4) is 0 Å². The van der Waals surface area contributed by atoms with Gasteiger partial charge in [-0.2, -0.15) is 0 Å². The Morgan fingerprint density at radius 3 is 2.24 bits per heavy atom. The summed E-state index contributed by atoms with van der Waals surface area (Å²) >= 11 is 0. The highest BCUT2D eigenvalue weighted by Crippen LogP contribution is 2.51. The fourth-order valence-electron chi connectivity index (χ4n) is 2.68. The number of hydrogen-bond acceptors (Lipinski definition) is 2. The zero-order valence-electron chi connectivity index (χ0n) is 13.1. The van der Waals surface area contributed by atoms with Gasteiger partial charge in [-0.15, -0.1) is 0 Å². The van der Waals surface area contributed by atoms with Gasteiger partial charge >= 0.3 is 0 Å². The van der Waals surface area contributed by atoms with Crippen molar-refractivity contribution in [1.82, 2.24) is 0 Å². The number of nitrogens with zero attached hydrogens (tertiary/aromatic N) is 1. The predicted octanol–water partition coefficient (Wildman–Crippen LogP) is 3.67. The number of rotatable bonds is 2. The smallest absolute Gasteiger partial charge is 0.157 e. The van der Waals surface area contributed by atoms with E-state index in [0.29, 0.717) is 0 Å². The van der Waals surface area contributed by atoms with Crippen molar-refractivity contribution in [3.8, 4) is 0 Å². The first-order chi connectivity index (χ1) is 9.97. The molecule has 1 aliphatic heterocycles. The summed E-state index contributed by atoms with van der Waals surface area (Å²) in [6.45, 7) is 6.38. The third-order valence-electron chi connectivity index (χ3n) is 3.57. The molecule has 21 heavy (non-hydrogen) atoms. The van der Waals surface area contributed by atoms with Crippen LogP contribution in [0, 0.1) is 0 Å². The van der Waals surface area contributed by atoms with Gasteiger partial charge in [0.15, 0.2) is 5.97 Å². The van der Waals surface area contributed by atoms with Gasteiger partial charge in [-0.3, -0.25) is 0 Å². The molecular formula is C18H22NOP. The summed E-state index contributed by atoms with van der Waals surface area (Å²) in [6, 6.07) is 19.4. The molecule has 3 rings (SSSR count). The molecule has 0 fully saturated rings. The Morgan fingerprint density at radius 2 is 1.57 bits per heavy atom. The molecule has 110 valence electrons. The van der Waals surface area contributed by atoms with E-state index in [9.17, 15) is 0 Å². The number of ether oxygens (including phenoxy) is 1. The minimum Gasteiger partial charge on any atom is -0.348 e. The average Bonchev–Trinajstić information content (AvgIpc) is 2.72. The van der Waals surface area contributed by atoms with Crippen molar-refractivity contribution >= 4 is 24.2 Å². The summed E-state index contributed by atoms with van der Waals surface area (Å²) in [6.07, 6.45) is 0. The van der Waals surface area contributed by atoms with Gasteiger partial charge in [-0.25, -0.2) is 0 Å². The molecule has 0 aromatic heterocycles. The molecule has 3 heteroatoms. The summed E-state index contributed by atoms with van der Waals surface area (Å²) in [7, 11) is 1.62. The van der Waals surface area contributed by atoms with E-state index < -0.39 is 7.92 Å². The second-order valence-electron chi connectivity index (χ2n) is 6.36. The van der Waals surface area contributed by atoms with Crippen molar-refractivity contribution in [2.75, 3.05) is 11.9 Å². The van der Waals surface area contributed by atoms with Gasteiger partial charge in [0.2, 0.25) is 0 Å². The van der Waals surface area contributed by atoms with Crippen molar-refractivity contribution in [3.63, 3.8) is 0 Å². The minimum atomic E-state index is -0.519. The zero-order valence-corrected chi connectivity index (χ0v) is 14.0. The quantitative estimate of drug-likeness (QED) is 0.785. The second kappa shape index (κ2) is 5.44. The van der Waals surface area contributed by atoms with E-state index in [-0.39, 0.29) is 11.6 Å². The molecule has 1 aliphatic rings. The van der Waals surface area contributed by atoms with E-state index in [1.54, 1.807) is 0 Å². The van der Waals surface area contributed by atoms with E-state index in [0.717, 1.165) is 0 Å². The summed E-state index contributed by atoms with van der Waals surface area (Å²) in [5.41, 5.74) is 1.14. The Kier molecular flexibility index (Phi) is 3.77. The third kappa shape index (κ3) is 2.84. The summed E-state index contributed by atoms with van der Waals surface area (Å²) < 4.78 is 6.42. The van der Waals surface area contributed by atoms with Crippen LogP contribution in [0.15, 0.2) is 54.6 Å². The summed E-state index contributed by atoms with van der Waals surface area (Å²) in [5.74, 6) is 0.0970. The summed E-state index contributed by atoms with van der Waals surface area (Å²) in [5, 5.41) is 2.79. The molecule has 2 aromatic rings. The Balaban J connectivity index is 2.07. The largest absolute Gasteiger partial charge is 0.348 e. The molecule has 0 saturated heterocycles. The lowest BCUT2D eigenvalue weighted by atomic mass is 10.2. The predicted molar refractivity (Wildman–Crippen MR) is 92.1 cm³/mol. The molecule has 0 aliphatic carbocycles. The Morgan fingerprint density at radius 1 is 0.952 bits per heavy atom. The summed E-state index contributed by atoms with van der Waals surface area (Å²) in [4.78, 5) is 2.29. The molecule has 1 unspecified atom stereocenters. The van der Waals surface area contributed by atoms with Crippen LogP contribution >= 0.6 is 7.92 Å². The number of benzene rings is 2. The monoisotopic (exact) mass is 299 g/mol. The van der Waals surface area contributed by atoms with Gasteiger partial charge in [0.1, 0.15) is 0 Å². The van der Waals surface area contributed by atoms with Crippen molar-refractivity contribution in [2.45, 2.75) is 32.3 Å². The van der Waals surface area contributed by atoms with Crippen molar-refractivity contribution < 1.29 is 4.74 Å². The normalized spacial score (nSPS) is 21.4. The van der Waals surface area contributed by atoms with Crippen LogP contribution in [0.25, 0.3) is 0 Å². The second-order valence-corrected chi connectivity index (χ2v) is 8.54. The van der Waals surface area contributed by atoms with Gasteiger partial charge in [0.05, 0.1) is 5.60 Å². The first-order valence-electron chi connectivity index (χ1n) is 7.31. The fourth-order valence-corrected chi connectivity index (χ4v) is 5.56. The van der Waals surface area contributed by atoms with Crippen molar-refractivity contribution in [1.29, 1.82) is 0 Å². The zero-order chi connectivity index (χ0) is 15.0. The molecule has 0 spiro atoms. The van der Waals surface area contributed by atoms with E-state index >= 15 is 0 Å². The Bertz CT molecular complexity index is 621. The van der Waals surface area contributed by atoms with Gasteiger partial charge in [0.25, 0.3) is 0 Å². The lowest BCUT2D eigenvalue weighted by molar-refractivity contribution is -0.0190. The van der Waals surface area contributed by atoms with Crippen LogP contribution in [0.5, 0.6) is 0 Å². The maximum Gasteiger partial charge on any atom is 0.157 e. The molecule has 0 amide bonds.